The fourth-order valence-electron chi connectivity index (χ4n) is 2.41. The number of anilines is 1. The average molecular weight is 323 g/mol. The monoisotopic (exact) mass is 323 g/mol. The number of carbonyl (C=O) groups is 2. The summed E-state index contributed by atoms with van der Waals surface area (Å²) in [7, 11) is 1.38. The standard InChI is InChI=1S/C14H17N3O6/c1-14(12(18)19)5-6-16(8-14)13(20)15-10-7-9(17(21)22)3-4-11(10)23-2/h3-4,7H,5-6,8H2,1-2H3,(H,15,20)(H,18,19). The van der Waals surface area contributed by atoms with Gasteiger partial charge in [-0.25, -0.2) is 4.79 Å². The van der Waals surface area contributed by atoms with Crippen LogP contribution in [0, 0.1) is 15.5 Å². The maximum absolute atomic E-state index is 12.3. The Labute approximate surface area is 132 Å². The Bertz CT molecular complexity index is 662. The number of methoxy groups -OCH3 is 1. The molecule has 0 spiro atoms. The first-order chi connectivity index (χ1) is 10.8. The number of hydrogen-bond donors (Lipinski definition) is 2. The minimum Gasteiger partial charge on any atom is -0.495 e. The van der Waals surface area contributed by atoms with Crippen LogP contribution in [0.2, 0.25) is 0 Å². The molecular weight excluding hydrogens is 306 g/mol. The Morgan fingerprint density at radius 1 is 1.48 bits per heavy atom. The molecular formula is C14H17N3O6. The molecule has 1 saturated heterocycles. The van der Waals surface area contributed by atoms with Crippen molar-refractivity contribution in [3.63, 3.8) is 0 Å². The van der Waals surface area contributed by atoms with Gasteiger partial charge in [-0.2, -0.15) is 0 Å². The van der Waals surface area contributed by atoms with Crippen molar-refractivity contribution in [1.82, 2.24) is 4.90 Å². The van der Waals surface area contributed by atoms with Crippen molar-refractivity contribution >= 4 is 23.4 Å². The Morgan fingerprint density at radius 3 is 2.70 bits per heavy atom. The van der Waals surface area contributed by atoms with Gasteiger partial charge in [-0.15, -0.1) is 0 Å². The summed E-state index contributed by atoms with van der Waals surface area (Å²) in [6.07, 6.45) is 0.349. The number of carbonyl (C=O) groups excluding carboxylic acids is 1. The molecule has 1 aromatic carbocycles. The summed E-state index contributed by atoms with van der Waals surface area (Å²) in [6, 6.07) is 3.34. The van der Waals surface area contributed by atoms with E-state index in [4.69, 9.17) is 4.74 Å². The molecule has 0 bridgehead atoms. The molecule has 1 unspecified atom stereocenters. The number of carboxylic acid groups (broad SMARTS) is 1. The van der Waals surface area contributed by atoms with Gasteiger partial charge in [-0.1, -0.05) is 0 Å². The first-order valence-electron chi connectivity index (χ1n) is 6.88. The van der Waals surface area contributed by atoms with Crippen molar-refractivity contribution in [2.75, 3.05) is 25.5 Å². The number of non-ortho nitro benzene ring substituents is 1. The Kier molecular flexibility index (Phi) is 4.39. The first-order valence-corrected chi connectivity index (χ1v) is 6.88. The molecule has 0 aromatic heterocycles. The van der Waals surface area contributed by atoms with Gasteiger partial charge in [-0.3, -0.25) is 14.9 Å². The Hall–Kier alpha value is -2.84. The van der Waals surface area contributed by atoms with Crippen LogP contribution in [-0.4, -0.2) is 47.1 Å². The van der Waals surface area contributed by atoms with Gasteiger partial charge in [0.25, 0.3) is 5.69 Å². The number of rotatable bonds is 4. The van der Waals surface area contributed by atoms with E-state index in [0.29, 0.717) is 13.0 Å². The molecule has 1 heterocycles. The van der Waals surface area contributed by atoms with Crippen LogP contribution in [-0.2, 0) is 4.79 Å². The molecule has 1 atom stereocenters. The van der Waals surface area contributed by atoms with E-state index in [-0.39, 0.29) is 23.7 Å². The fourth-order valence-corrected chi connectivity index (χ4v) is 2.41. The van der Waals surface area contributed by atoms with Gasteiger partial charge in [0.05, 0.1) is 23.1 Å². The second kappa shape index (κ2) is 6.11. The van der Waals surface area contributed by atoms with Crippen LogP contribution >= 0.6 is 0 Å². The lowest BCUT2D eigenvalue weighted by Gasteiger charge is -2.21. The lowest BCUT2D eigenvalue weighted by atomic mass is 9.90. The number of aliphatic carboxylic acids is 1. The number of hydrogen-bond acceptors (Lipinski definition) is 5. The van der Waals surface area contributed by atoms with Crippen LogP contribution in [0.25, 0.3) is 0 Å². The molecule has 1 aliphatic rings. The topological polar surface area (TPSA) is 122 Å². The number of nitrogens with one attached hydrogen (secondary N) is 1. The molecule has 2 amide bonds. The van der Waals surface area contributed by atoms with E-state index in [1.54, 1.807) is 6.92 Å². The molecule has 1 aromatic rings. The van der Waals surface area contributed by atoms with E-state index < -0.39 is 22.3 Å². The van der Waals surface area contributed by atoms with Crippen LogP contribution in [0.1, 0.15) is 13.3 Å². The zero-order valence-electron chi connectivity index (χ0n) is 12.7. The molecule has 0 saturated carbocycles. The summed E-state index contributed by atoms with van der Waals surface area (Å²) in [6.45, 7) is 1.95. The van der Waals surface area contributed by atoms with Crippen molar-refractivity contribution < 1.29 is 24.4 Å². The van der Waals surface area contributed by atoms with Crippen LogP contribution in [0.15, 0.2) is 18.2 Å². The Balaban J connectivity index is 2.16. The predicted octanol–water partition coefficient (Wildman–Crippen LogP) is 1.93. The third-order valence-electron chi connectivity index (χ3n) is 3.91. The summed E-state index contributed by atoms with van der Waals surface area (Å²) in [4.78, 5) is 35.1. The van der Waals surface area contributed by atoms with Gasteiger partial charge in [0.2, 0.25) is 0 Å². The summed E-state index contributed by atoms with van der Waals surface area (Å²) in [5.74, 6) is -0.676. The van der Waals surface area contributed by atoms with Gasteiger partial charge in [0.15, 0.2) is 0 Å². The van der Waals surface area contributed by atoms with Gasteiger partial charge in [-0.05, 0) is 19.4 Å². The van der Waals surface area contributed by atoms with Crippen LogP contribution < -0.4 is 10.1 Å². The molecule has 2 N–H and O–H groups in total. The number of benzene rings is 1. The van der Waals surface area contributed by atoms with Crippen molar-refractivity contribution in [3.05, 3.63) is 28.3 Å². The van der Waals surface area contributed by atoms with E-state index in [1.165, 1.54) is 30.2 Å². The van der Waals surface area contributed by atoms with Gasteiger partial charge >= 0.3 is 12.0 Å². The predicted molar refractivity (Wildman–Crippen MR) is 80.6 cm³/mol. The highest BCUT2D eigenvalue weighted by atomic mass is 16.6. The zero-order valence-corrected chi connectivity index (χ0v) is 12.7. The van der Waals surface area contributed by atoms with Crippen molar-refractivity contribution in [3.8, 4) is 5.75 Å². The molecule has 124 valence electrons. The minimum absolute atomic E-state index is 0.0748. The number of likely N-dealkylation sites (tertiary alicyclic amines) is 1. The third kappa shape index (κ3) is 3.33. The lowest BCUT2D eigenvalue weighted by molar-refractivity contribution is -0.384. The molecule has 9 heteroatoms. The number of ether oxygens (including phenoxy) is 1. The van der Waals surface area contributed by atoms with Gasteiger partial charge in [0, 0.05) is 25.2 Å². The maximum Gasteiger partial charge on any atom is 0.321 e. The smallest absolute Gasteiger partial charge is 0.321 e. The molecule has 1 fully saturated rings. The molecule has 2 rings (SSSR count). The molecule has 0 radical (unpaired) electrons. The van der Waals surface area contributed by atoms with Crippen LogP contribution in [0.5, 0.6) is 5.75 Å². The largest absolute Gasteiger partial charge is 0.495 e. The quantitative estimate of drug-likeness (QED) is 0.645. The lowest BCUT2D eigenvalue weighted by Crippen LogP contribution is -2.37. The van der Waals surface area contributed by atoms with Gasteiger partial charge in [0.1, 0.15) is 5.75 Å². The summed E-state index contributed by atoms with van der Waals surface area (Å²) < 4.78 is 5.07. The van der Waals surface area contributed by atoms with E-state index >= 15 is 0 Å². The second-order valence-corrected chi connectivity index (χ2v) is 5.61. The third-order valence-corrected chi connectivity index (χ3v) is 3.91. The van der Waals surface area contributed by atoms with Crippen LogP contribution in [0.3, 0.4) is 0 Å². The number of nitrogens with zero attached hydrogens (tertiary/aromatic N) is 2. The van der Waals surface area contributed by atoms with E-state index in [2.05, 4.69) is 5.32 Å². The minimum atomic E-state index is -0.982. The van der Waals surface area contributed by atoms with Crippen molar-refractivity contribution in [2.24, 2.45) is 5.41 Å². The van der Waals surface area contributed by atoms with Crippen molar-refractivity contribution in [1.29, 1.82) is 0 Å². The molecule has 1 aliphatic heterocycles. The highest BCUT2D eigenvalue weighted by molar-refractivity contribution is 5.92. The van der Waals surface area contributed by atoms with E-state index in [1.807, 2.05) is 0 Å². The molecule has 0 aliphatic carbocycles. The zero-order chi connectivity index (χ0) is 17.2. The average Bonchev–Trinajstić information content (AvgIpc) is 2.91. The fraction of sp³-hybridized carbons (Fsp3) is 0.429. The van der Waals surface area contributed by atoms with E-state index in [0.717, 1.165) is 0 Å². The first kappa shape index (κ1) is 16.5. The normalized spacial score (nSPS) is 20.2. The highest BCUT2D eigenvalue weighted by Crippen LogP contribution is 2.32. The Morgan fingerprint density at radius 2 is 2.17 bits per heavy atom. The number of urea groups is 1. The number of nitro benzene ring substituents is 1. The summed E-state index contributed by atoms with van der Waals surface area (Å²) in [5.41, 5.74) is -1.00. The highest BCUT2D eigenvalue weighted by Gasteiger charge is 2.42. The van der Waals surface area contributed by atoms with Gasteiger partial charge < -0.3 is 20.1 Å². The van der Waals surface area contributed by atoms with E-state index in [9.17, 15) is 24.8 Å². The molecule has 9 nitrogen and oxygen atoms in total. The summed E-state index contributed by atoms with van der Waals surface area (Å²) >= 11 is 0. The van der Waals surface area contributed by atoms with Crippen molar-refractivity contribution in [2.45, 2.75) is 13.3 Å². The number of nitro groups is 1. The SMILES string of the molecule is COc1ccc([N+](=O)[O-])cc1NC(=O)N1CCC(C)(C(=O)O)C1. The van der Waals surface area contributed by atoms with Crippen LogP contribution in [0.4, 0.5) is 16.2 Å². The summed E-state index contributed by atoms with van der Waals surface area (Å²) in [5, 5.41) is 22.6. The molecule has 23 heavy (non-hydrogen) atoms. The number of carboxylic acids is 1. The number of amides is 2. The maximum atomic E-state index is 12.3. The second-order valence-electron chi connectivity index (χ2n) is 5.61.